The molecule has 0 radical (unpaired) electrons. The Bertz CT molecular complexity index is 616. The minimum absolute atomic E-state index is 0.194. The molecule has 0 aliphatic carbocycles. The van der Waals surface area contributed by atoms with Crippen molar-refractivity contribution >= 4 is 23.5 Å². The summed E-state index contributed by atoms with van der Waals surface area (Å²) in [5.74, 6) is 0. The molecular formula is C8H7BN2O4. The maximum Gasteiger partial charge on any atom is 0.488 e. The molecule has 2 rings (SSSR count). The van der Waals surface area contributed by atoms with Crippen LogP contribution in [0.4, 0.5) is 0 Å². The summed E-state index contributed by atoms with van der Waals surface area (Å²) in [6.45, 7) is 0. The number of fused-ring (bicyclic) bond motifs is 1. The van der Waals surface area contributed by atoms with Gasteiger partial charge in [0.1, 0.15) is 0 Å². The van der Waals surface area contributed by atoms with Crippen LogP contribution >= 0.6 is 0 Å². The molecule has 0 amide bonds. The lowest BCUT2D eigenvalue weighted by Crippen LogP contribution is -2.31. The average molecular weight is 206 g/mol. The molecule has 0 aliphatic heterocycles. The van der Waals surface area contributed by atoms with Crippen LogP contribution in [-0.4, -0.2) is 27.1 Å². The number of aromatic amines is 2. The van der Waals surface area contributed by atoms with Gasteiger partial charge in [0, 0.05) is 0 Å². The van der Waals surface area contributed by atoms with Crippen LogP contribution < -0.4 is 16.7 Å². The van der Waals surface area contributed by atoms with E-state index >= 15 is 0 Å². The minimum atomic E-state index is -1.64. The van der Waals surface area contributed by atoms with E-state index in [4.69, 9.17) is 10.0 Å². The molecule has 0 fully saturated rings. The molecule has 1 heterocycles. The van der Waals surface area contributed by atoms with E-state index in [1.54, 1.807) is 0 Å². The van der Waals surface area contributed by atoms with Gasteiger partial charge in [0.2, 0.25) is 0 Å². The summed E-state index contributed by atoms with van der Waals surface area (Å²) in [7, 11) is -1.64. The third kappa shape index (κ3) is 1.70. The van der Waals surface area contributed by atoms with E-state index in [9.17, 15) is 9.59 Å². The van der Waals surface area contributed by atoms with Gasteiger partial charge in [-0.15, -0.1) is 0 Å². The standard InChI is InChI=1S/C8H7BN2O4/c12-7-5-3-4(9(14)15)1-2-6(5)10-8(13)11-7/h1-3,14-15H,(H2,10,11,12,13). The van der Waals surface area contributed by atoms with Gasteiger partial charge in [0.25, 0.3) is 5.56 Å². The van der Waals surface area contributed by atoms with Crippen molar-refractivity contribution in [1.29, 1.82) is 0 Å². The number of hydrogen-bond acceptors (Lipinski definition) is 4. The first-order valence-electron chi connectivity index (χ1n) is 4.20. The first-order chi connectivity index (χ1) is 7.08. The summed E-state index contributed by atoms with van der Waals surface area (Å²) in [5.41, 5.74) is -0.603. The molecule has 2 aromatic rings. The van der Waals surface area contributed by atoms with Gasteiger partial charge in [0.05, 0.1) is 10.9 Å². The van der Waals surface area contributed by atoms with Crippen LogP contribution in [0.5, 0.6) is 0 Å². The van der Waals surface area contributed by atoms with E-state index in [0.29, 0.717) is 5.52 Å². The van der Waals surface area contributed by atoms with Crippen molar-refractivity contribution in [3.63, 3.8) is 0 Å². The third-order valence-corrected chi connectivity index (χ3v) is 2.06. The molecule has 4 N–H and O–H groups in total. The molecule has 76 valence electrons. The Morgan fingerprint density at radius 1 is 1.13 bits per heavy atom. The molecule has 1 aromatic heterocycles. The number of rotatable bonds is 1. The maximum atomic E-state index is 11.3. The highest BCUT2D eigenvalue weighted by molar-refractivity contribution is 6.58. The highest BCUT2D eigenvalue weighted by Crippen LogP contribution is 2.01. The summed E-state index contributed by atoms with van der Waals surface area (Å²) in [6, 6.07) is 4.18. The largest absolute Gasteiger partial charge is 0.488 e. The Balaban J connectivity index is 2.83. The van der Waals surface area contributed by atoms with Crippen molar-refractivity contribution in [2.24, 2.45) is 0 Å². The molecule has 0 saturated heterocycles. The molecule has 0 aliphatic rings. The number of H-pyrrole nitrogens is 2. The smallest absolute Gasteiger partial charge is 0.423 e. The van der Waals surface area contributed by atoms with Crippen LogP contribution in [0, 0.1) is 0 Å². The monoisotopic (exact) mass is 206 g/mol. The molecule has 0 bridgehead atoms. The Morgan fingerprint density at radius 2 is 1.87 bits per heavy atom. The second kappa shape index (κ2) is 3.37. The molecule has 1 aromatic carbocycles. The minimum Gasteiger partial charge on any atom is -0.423 e. The second-order valence-corrected chi connectivity index (χ2v) is 3.09. The SMILES string of the molecule is O=c1[nH]c(=O)c2cc(B(O)O)ccc2[nH]1. The fourth-order valence-corrected chi connectivity index (χ4v) is 1.34. The van der Waals surface area contributed by atoms with Crippen LogP contribution in [-0.2, 0) is 0 Å². The molecule has 15 heavy (non-hydrogen) atoms. The summed E-state index contributed by atoms with van der Waals surface area (Å²) in [5, 5.41) is 18.0. The van der Waals surface area contributed by atoms with E-state index in [2.05, 4.69) is 4.98 Å². The van der Waals surface area contributed by atoms with Crippen molar-refractivity contribution in [3.05, 3.63) is 39.0 Å². The van der Waals surface area contributed by atoms with Crippen molar-refractivity contribution in [2.45, 2.75) is 0 Å². The van der Waals surface area contributed by atoms with E-state index in [0.717, 1.165) is 0 Å². The van der Waals surface area contributed by atoms with Crippen molar-refractivity contribution < 1.29 is 10.0 Å². The maximum absolute atomic E-state index is 11.3. The topological polar surface area (TPSA) is 106 Å². The predicted octanol–water partition coefficient (Wildman–Crippen LogP) is -2.10. The molecule has 0 atom stereocenters. The molecule has 0 spiro atoms. The molecule has 0 unspecified atom stereocenters. The molecule has 0 saturated carbocycles. The zero-order valence-electron chi connectivity index (χ0n) is 7.52. The predicted molar refractivity (Wildman–Crippen MR) is 55.0 cm³/mol. The van der Waals surface area contributed by atoms with Gasteiger partial charge in [-0.1, -0.05) is 6.07 Å². The first kappa shape index (κ1) is 9.69. The van der Waals surface area contributed by atoms with Gasteiger partial charge in [-0.2, -0.15) is 0 Å². The van der Waals surface area contributed by atoms with Gasteiger partial charge >= 0.3 is 12.8 Å². The summed E-state index contributed by atoms with van der Waals surface area (Å²) in [4.78, 5) is 26.7. The zero-order chi connectivity index (χ0) is 11.0. The van der Waals surface area contributed by atoms with Gasteiger partial charge in [-0.3, -0.25) is 9.78 Å². The van der Waals surface area contributed by atoms with Gasteiger partial charge in [-0.05, 0) is 17.6 Å². The average Bonchev–Trinajstić information content (AvgIpc) is 2.16. The normalized spacial score (nSPS) is 10.5. The van der Waals surface area contributed by atoms with Crippen molar-refractivity contribution in [2.75, 3.05) is 0 Å². The number of benzene rings is 1. The van der Waals surface area contributed by atoms with E-state index < -0.39 is 18.4 Å². The van der Waals surface area contributed by atoms with E-state index in [1.165, 1.54) is 18.2 Å². The third-order valence-electron chi connectivity index (χ3n) is 2.06. The molecule has 6 nitrogen and oxygen atoms in total. The van der Waals surface area contributed by atoms with Gasteiger partial charge < -0.3 is 15.0 Å². The van der Waals surface area contributed by atoms with Gasteiger partial charge in [0.15, 0.2) is 0 Å². The first-order valence-corrected chi connectivity index (χ1v) is 4.20. The Labute approximate surface area is 83.4 Å². The Hall–Kier alpha value is -1.86. The lowest BCUT2D eigenvalue weighted by molar-refractivity contribution is 0.426. The quantitative estimate of drug-likeness (QED) is 0.401. The number of hydrogen-bond donors (Lipinski definition) is 4. The Morgan fingerprint density at radius 3 is 2.53 bits per heavy atom. The van der Waals surface area contributed by atoms with Crippen LogP contribution in [0.25, 0.3) is 10.9 Å². The highest BCUT2D eigenvalue weighted by Gasteiger charge is 2.12. The lowest BCUT2D eigenvalue weighted by Gasteiger charge is -2.00. The fraction of sp³-hybridized carbons (Fsp3) is 0. The zero-order valence-corrected chi connectivity index (χ0v) is 7.52. The molecule has 7 heteroatoms. The van der Waals surface area contributed by atoms with E-state index in [-0.39, 0.29) is 10.8 Å². The fourth-order valence-electron chi connectivity index (χ4n) is 1.34. The lowest BCUT2D eigenvalue weighted by atomic mass is 9.80. The van der Waals surface area contributed by atoms with E-state index in [1.807, 2.05) is 4.98 Å². The molecular weight excluding hydrogens is 199 g/mol. The number of aromatic nitrogens is 2. The second-order valence-electron chi connectivity index (χ2n) is 3.09. The summed E-state index contributed by atoms with van der Waals surface area (Å²) < 4.78 is 0. The van der Waals surface area contributed by atoms with Crippen LogP contribution in [0.1, 0.15) is 0 Å². The van der Waals surface area contributed by atoms with Crippen LogP contribution in [0.15, 0.2) is 27.8 Å². The highest BCUT2D eigenvalue weighted by atomic mass is 16.4. The summed E-state index contributed by atoms with van der Waals surface area (Å²) in [6.07, 6.45) is 0. The van der Waals surface area contributed by atoms with Crippen LogP contribution in [0.2, 0.25) is 0 Å². The van der Waals surface area contributed by atoms with Gasteiger partial charge in [-0.25, -0.2) is 4.79 Å². The number of nitrogens with one attached hydrogen (secondary N) is 2. The van der Waals surface area contributed by atoms with Crippen LogP contribution in [0.3, 0.4) is 0 Å². The van der Waals surface area contributed by atoms with Crippen molar-refractivity contribution in [1.82, 2.24) is 9.97 Å². The van der Waals surface area contributed by atoms with Crippen molar-refractivity contribution in [3.8, 4) is 0 Å². The Kier molecular flexibility index (Phi) is 2.18. The summed E-state index contributed by atoms with van der Waals surface area (Å²) >= 11 is 0.